The molecule has 0 radical (unpaired) electrons. The zero-order valence-electron chi connectivity index (χ0n) is 8.98. The molecule has 0 saturated heterocycles. The molecule has 0 aliphatic rings. The minimum absolute atomic E-state index is 0.0643. The molecular weight excluding hydrogens is 178 g/mol. The first-order valence-corrected chi connectivity index (χ1v) is 4.69. The molecule has 0 N–H and O–H groups in total. The quantitative estimate of drug-likeness (QED) is 0.634. The molecule has 0 aliphatic heterocycles. The lowest BCUT2D eigenvalue weighted by atomic mass is 10.5. The van der Waals surface area contributed by atoms with E-state index in [9.17, 15) is 4.79 Å². The van der Waals surface area contributed by atoms with Gasteiger partial charge >= 0.3 is 0 Å². The van der Waals surface area contributed by atoms with Crippen molar-refractivity contribution in [2.24, 2.45) is 7.05 Å². The Morgan fingerprint density at radius 2 is 1.93 bits per heavy atom. The maximum atomic E-state index is 11.4. The van der Waals surface area contributed by atoms with E-state index in [4.69, 9.17) is 0 Å². The van der Waals surface area contributed by atoms with Crippen LogP contribution in [0.25, 0.3) is 5.65 Å². The number of hydrogen-bond donors (Lipinski definition) is 0. The summed E-state index contributed by atoms with van der Waals surface area (Å²) in [6, 6.07) is 0. The molecule has 0 saturated carbocycles. The Kier molecular flexibility index (Phi) is 3.06. The van der Waals surface area contributed by atoms with E-state index >= 15 is 0 Å². The van der Waals surface area contributed by atoms with Crippen LogP contribution in [0.3, 0.4) is 0 Å². The van der Waals surface area contributed by atoms with Crippen LogP contribution in [0, 0.1) is 6.92 Å². The van der Waals surface area contributed by atoms with E-state index in [-0.39, 0.29) is 5.56 Å². The van der Waals surface area contributed by atoms with Crippen molar-refractivity contribution in [3.63, 3.8) is 0 Å². The number of hydrogen-bond acceptors (Lipinski definition) is 2. The van der Waals surface area contributed by atoms with E-state index in [1.165, 1.54) is 4.57 Å². The molecule has 0 fully saturated rings. The molecule has 0 aromatic carbocycles. The lowest BCUT2D eigenvalue weighted by Crippen LogP contribution is -2.18. The van der Waals surface area contributed by atoms with E-state index < -0.39 is 0 Å². The second-order valence-electron chi connectivity index (χ2n) is 2.81. The maximum Gasteiger partial charge on any atom is 0.293 e. The minimum atomic E-state index is -0.0643. The van der Waals surface area contributed by atoms with Crippen LogP contribution in [0.5, 0.6) is 0 Å². The van der Waals surface area contributed by atoms with Crippen LogP contribution in [0.1, 0.15) is 19.5 Å². The Balaban J connectivity index is 0.000000461. The van der Waals surface area contributed by atoms with Crippen molar-refractivity contribution < 1.29 is 0 Å². The fourth-order valence-corrected chi connectivity index (χ4v) is 1.18. The predicted molar refractivity (Wildman–Crippen MR) is 56.5 cm³/mol. The zero-order chi connectivity index (χ0) is 10.7. The third-order valence-electron chi connectivity index (χ3n) is 1.93. The molecule has 4 nitrogen and oxygen atoms in total. The minimum Gasteiger partial charge on any atom is -0.314 e. The van der Waals surface area contributed by atoms with Crippen LogP contribution < -0.4 is 5.56 Å². The lowest BCUT2D eigenvalue weighted by Gasteiger charge is -1.97. The first kappa shape index (κ1) is 10.5. The van der Waals surface area contributed by atoms with Gasteiger partial charge in [0.25, 0.3) is 5.56 Å². The Bertz CT molecular complexity index is 482. The Labute approximate surface area is 82.8 Å². The monoisotopic (exact) mass is 193 g/mol. The molecule has 0 bridgehead atoms. The smallest absolute Gasteiger partial charge is 0.293 e. The van der Waals surface area contributed by atoms with Gasteiger partial charge < -0.3 is 4.57 Å². The number of rotatable bonds is 0. The van der Waals surface area contributed by atoms with Gasteiger partial charge in [-0.25, -0.2) is 4.98 Å². The zero-order valence-corrected chi connectivity index (χ0v) is 8.98. The highest BCUT2D eigenvalue weighted by atomic mass is 16.1. The summed E-state index contributed by atoms with van der Waals surface area (Å²) >= 11 is 0. The molecule has 76 valence electrons. The van der Waals surface area contributed by atoms with Gasteiger partial charge in [0.05, 0.1) is 0 Å². The summed E-state index contributed by atoms with van der Waals surface area (Å²) in [5.74, 6) is 0. The van der Waals surface area contributed by atoms with Gasteiger partial charge in [0.15, 0.2) is 0 Å². The van der Waals surface area contributed by atoms with Gasteiger partial charge in [0, 0.05) is 31.3 Å². The predicted octanol–water partition coefficient (Wildman–Crippen LogP) is 1.37. The number of imidazole rings is 1. The van der Waals surface area contributed by atoms with E-state index in [2.05, 4.69) is 4.98 Å². The van der Waals surface area contributed by atoms with Gasteiger partial charge in [-0.2, -0.15) is 0 Å². The second-order valence-corrected chi connectivity index (χ2v) is 2.81. The van der Waals surface area contributed by atoms with Crippen molar-refractivity contribution >= 4 is 5.65 Å². The van der Waals surface area contributed by atoms with Crippen molar-refractivity contribution in [3.05, 3.63) is 34.6 Å². The molecule has 2 heterocycles. The highest BCUT2D eigenvalue weighted by molar-refractivity contribution is 5.37. The number of nitrogens with zero attached hydrogens (tertiary/aromatic N) is 3. The molecule has 14 heavy (non-hydrogen) atoms. The van der Waals surface area contributed by atoms with Gasteiger partial charge in [-0.15, -0.1) is 0 Å². The maximum absolute atomic E-state index is 11.4. The second kappa shape index (κ2) is 4.09. The fraction of sp³-hybridized carbons (Fsp3) is 0.400. The molecule has 0 atom stereocenters. The summed E-state index contributed by atoms with van der Waals surface area (Å²) in [5, 5.41) is 0. The standard InChI is InChI=1S/C8H9N3O.C2H6/c1-6-5-9-7-8(12)10(2)3-4-11(6)7;1-2/h3-5H,1-2H3;1-2H3. The highest BCUT2D eigenvalue weighted by Crippen LogP contribution is 1.98. The first-order valence-electron chi connectivity index (χ1n) is 4.69. The van der Waals surface area contributed by atoms with Crippen molar-refractivity contribution in [1.82, 2.24) is 14.0 Å². The third-order valence-corrected chi connectivity index (χ3v) is 1.93. The summed E-state index contributed by atoms with van der Waals surface area (Å²) in [5.41, 5.74) is 1.39. The SMILES string of the molecule is CC.Cc1cnc2c(=O)n(C)ccn12. The van der Waals surface area contributed by atoms with Crippen molar-refractivity contribution in [2.45, 2.75) is 20.8 Å². The van der Waals surface area contributed by atoms with Crippen molar-refractivity contribution in [3.8, 4) is 0 Å². The van der Waals surface area contributed by atoms with Crippen LogP contribution in [-0.2, 0) is 7.05 Å². The topological polar surface area (TPSA) is 39.3 Å². The number of aryl methyl sites for hydroxylation is 2. The first-order chi connectivity index (χ1) is 6.70. The Morgan fingerprint density at radius 3 is 2.57 bits per heavy atom. The molecule has 0 spiro atoms. The number of aromatic nitrogens is 3. The van der Waals surface area contributed by atoms with Crippen LogP contribution in [-0.4, -0.2) is 14.0 Å². The lowest BCUT2D eigenvalue weighted by molar-refractivity contribution is 0.838. The molecule has 0 amide bonds. The summed E-state index contributed by atoms with van der Waals surface area (Å²) in [4.78, 5) is 15.4. The molecule has 4 heteroatoms. The average molecular weight is 193 g/mol. The normalized spacial score (nSPS) is 9.71. The van der Waals surface area contributed by atoms with Gasteiger partial charge in [0.2, 0.25) is 5.65 Å². The largest absolute Gasteiger partial charge is 0.314 e. The Morgan fingerprint density at radius 1 is 1.29 bits per heavy atom. The van der Waals surface area contributed by atoms with Gasteiger partial charge in [-0.05, 0) is 6.92 Å². The van der Waals surface area contributed by atoms with E-state index in [1.54, 1.807) is 23.8 Å². The van der Waals surface area contributed by atoms with Crippen LogP contribution in [0.2, 0.25) is 0 Å². The molecule has 2 aromatic heterocycles. The van der Waals surface area contributed by atoms with E-state index in [0.29, 0.717) is 5.65 Å². The average Bonchev–Trinajstić information content (AvgIpc) is 2.58. The van der Waals surface area contributed by atoms with Crippen LogP contribution in [0.15, 0.2) is 23.4 Å². The molecular formula is C10H15N3O. The molecule has 2 aromatic rings. The molecule has 2 rings (SSSR count). The van der Waals surface area contributed by atoms with Crippen LogP contribution >= 0.6 is 0 Å². The van der Waals surface area contributed by atoms with E-state index in [0.717, 1.165) is 5.69 Å². The van der Waals surface area contributed by atoms with Gasteiger partial charge in [0.1, 0.15) is 0 Å². The number of fused-ring (bicyclic) bond motifs is 1. The summed E-state index contributed by atoms with van der Waals surface area (Å²) in [7, 11) is 1.71. The third kappa shape index (κ3) is 1.55. The molecule has 0 unspecified atom stereocenters. The highest BCUT2D eigenvalue weighted by Gasteiger charge is 2.02. The van der Waals surface area contributed by atoms with Gasteiger partial charge in [-0.1, -0.05) is 13.8 Å². The van der Waals surface area contributed by atoms with Crippen molar-refractivity contribution in [2.75, 3.05) is 0 Å². The summed E-state index contributed by atoms with van der Waals surface area (Å²) < 4.78 is 3.30. The molecule has 0 aliphatic carbocycles. The van der Waals surface area contributed by atoms with Gasteiger partial charge in [-0.3, -0.25) is 9.20 Å². The van der Waals surface area contributed by atoms with E-state index in [1.807, 2.05) is 27.0 Å². The fourth-order valence-electron chi connectivity index (χ4n) is 1.18. The summed E-state index contributed by atoms with van der Waals surface area (Å²) in [6.45, 7) is 5.92. The summed E-state index contributed by atoms with van der Waals surface area (Å²) in [6.07, 6.45) is 5.25. The van der Waals surface area contributed by atoms with Crippen LogP contribution in [0.4, 0.5) is 0 Å². The van der Waals surface area contributed by atoms with Crippen molar-refractivity contribution in [1.29, 1.82) is 0 Å². The Hall–Kier alpha value is -1.58.